The van der Waals surface area contributed by atoms with Crippen molar-refractivity contribution < 1.29 is 14.3 Å². The van der Waals surface area contributed by atoms with E-state index in [1.807, 2.05) is 91.9 Å². The fourth-order valence-corrected chi connectivity index (χ4v) is 5.29. The van der Waals surface area contributed by atoms with Crippen molar-refractivity contribution in [3.63, 3.8) is 0 Å². The summed E-state index contributed by atoms with van der Waals surface area (Å²) in [5, 5.41) is 2.80. The second-order valence-corrected chi connectivity index (χ2v) is 10.1. The molecule has 8 heteroatoms. The first kappa shape index (κ1) is 26.1. The van der Waals surface area contributed by atoms with Gasteiger partial charge in [0.05, 0.1) is 13.3 Å². The van der Waals surface area contributed by atoms with Crippen LogP contribution in [0.2, 0.25) is 0 Å². The first-order valence-corrected chi connectivity index (χ1v) is 13.6. The largest absolute Gasteiger partial charge is 0.495 e. The molecule has 5 aromatic rings. The van der Waals surface area contributed by atoms with Gasteiger partial charge in [-0.05, 0) is 67.1 Å². The summed E-state index contributed by atoms with van der Waals surface area (Å²) < 4.78 is 7.10. The average molecular weight is 546 g/mol. The van der Waals surface area contributed by atoms with Gasteiger partial charge in [-0.25, -0.2) is 4.98 Å². The van der Waals surface area contributed by atoms with Crippen LogP contribution in [0, 0.1) is 6.92 Å². The summed E-state index contributed by atoms with van der Waals surface area (Å²) in [6.45, 7) is 5.50. The molecule has 206 valence electrons. The number of anilines is 3. The van der Waals surface area contributed by atoms with Crippen molar-refractivity contribution in [2.75, 3.05) is 48.4 Å². The number of pyridine rings is 2. The van der Waals surface area contributed by atoms with Crippen molar-refractivity contribution in [1.82, 2.24) is 9.38 Å². The van der Waals surface area contributed by atoms with E-state index in [0.29, 0.717) is 22.7 Å². The van der Waals surface area contributed by atoms with Crippen LogP contribution in [0.1, 0.15) is 16.2 Å². The number of rotatable bonds is 7. The summed E-state index contributed by atoms with van der Waals surface area (Å²) >= 11 is 0. The number of carbonyl (C=O) groups is 2. The molecule has 8 nitrogen and oxygen atoms in total. The van der Waals surface area contributed by atoms with E-state index in [1.165, 1.54) is 0 Å². The zero-order chi connectivity index (χ0) is 28.3. The monoisotopic (exact) mass is 545 g/mol. The van der Waals surface area contributed by atoms with Crippen LogP contribution in [0.4, 0.5) is 17.2 Å². The predicted molar refractivity (Wildman–Crippen MR) is 162 cm³/mol. The molecule has 0 radical (unpaired) electrons. The number of hydrogen-bond acceptors (Lipinski definition) is 6. The zero-order valence-corrected chi connectivity index (χ0v) is 23.1. The van der Waals surface area contributed by atoms with E-state index in [9.17, 15) is 9.59 Å². The fourth-order valence-electron chi connectivity index (χ4n) is 5.29. The molecule has 41 heavy (non-hydrogen) atoms. The lowest BCUT2D eigenvalue weighted by atomic mass is 10.0. The Morgan fingerprint density at radius 1 is 0.829 bits per heavy atom. The van der Waals surface area contributed by atoms with Crippen molar-refractivity contribution >= 4 is 34.4 Å². The minimum atomic E-state index is -0.697. The third kappa shape index (κ3) is 5.36. The van der Waals surface area contributed by atoms with Gasteiger partial charge in [0.1, 0.15) is 17.3 Å². The SMILES string of the molecule is COc1ccc2cc(-c3ccccc3)c(C(=O)C(=O)Nc3ccc(N4CCN(c5cccc(C)n5)CC4)cc3)n2c1. The molecule has 1 aliphatic heterocycles. The summed E-state index contributed by atoms with van der Waals surface area (Å²) in [7, 11) is 1.57. The van der Waals surface area contributed by atoms with E-state index in [4.69, 9.17) is 4.74 Å². The number of ketones is 1. The average Bonchev–Trinajstić information content (AvgIpc) is 3.40. The maximum atomic E-state index is 13.6. The number of aromatic nitrogens is 2. The molecule has 0 spiro atoms. The highest BCUT2D eigenvalue weighted by atomic mass is 16.5. The van der Waals surface area contributed by atoms with Gasteiger partial charge in [0, 0.05) is 54.3 Å². The second kappa shape index (κ2) is 11.2. The summed E-state index contributed by atoms with van der Waals surface area (Å²) in [5.41, 5.74) is 5.28. The molecule has 1 N–H and O–H groups in total. The van der Waals surface area contributed by atoms with E-state index in [2.05, 4.69) is 26.2 Å². The Bertz CT molecular complexity index is 1700. The smallest absolute Gasteiger partial charge is 0.298 e. The molecule has 0 unspecified atom stereocenters. The Balaban J connectivity index is 1.17. The highest BCUT2D eigenvalue weighted by Gasteiger charge is 2.25. The summed E-state index contributed by atoms with van der Waals surface area (Å²) in [6.07, 6.45) is 1.73. The Hall–Kier alpha value is -5.11. The van der Waals surface area contributed by atoms with Crippen molar-refractivity contribution in [3.05, 3.63) is 109 Å². The van der Waals surface area contributed by atoms with Crippen LogP contribution in [-0.2, 0) is 4.79 Å². The molecule has 0 saturated carbocycles. The summed E-state index contributed by atoms with van der Waals surface area (Å²) in [5.74, 6) is 0.282. The lowest BCUT2D eigenvalue weighted by Gasteiger charge is -2.36. The van der Waals surface area contributed by atoms with Crippen molar-refractivity contribution in [1.29, 1.82) is 0 Å². The van der Waals surface area contributed by atoms with Crippen LogP contribution in [0.15, 0.2) is 97.2 Å². The number of fused-ring (bicyclic) bond motifs is 1. The van der Waals surface area contributed by atoms with Gasteiger partial charge in [-0.2, -0.15) is 0 Å². The number of nitrogens with zero attached hydrogens (tertiary/aromatic N) is 4. The molecule has 6 rings (SSSR count). The van der Waals surface area contributed by atoms with E-state index in [0.717, 1.165) is 54.5 Å². The minimum absolute atomic E-state index is 0.292. The number of amides is 1. The maximum Gasteiger partial charge on any atom is 0.298 e. The lowest BCUT2D eigenvalue weighted by molar-refractivity contribution is -0.112. The van der Waals surface area contributed by atoms with E-state index >= 15 is 0 Å². The fraction of sp³-hybridized carbons (Fsp3) is 0.182. The zero-order valence-electron chi connectivity index (χ0n) is 23.1. The number of aryl methyl sites for hydroxylation is 1. The topological polar surface area (TPSA) is 79.2 Å². The number of ether oxygens (including phenoxy) is 1. The number of benzene rings is 2. The molecule has 4 heterocycles. The van der Waals surface area contributed by atoms with Gasteiger partial charge < -0.3 is 24.3 Å². The second-order valence-electron chi connectivity index (χ2n) is 10.1. The van der Waals surface area contributed by atoms with Gasteiger partial charge in [0.2, 0.25) is 0 Å². The lowest BCUT2D eigenvalue weighted by Crippen LogP contribution is -2.46. The van der Waals surface area contributed by atoms with Gasteiger partial charge >= 0.3 is 0 Å². The quantitative estimate of drug-likeness (QED) is 0.216. The molecule has 0 bridgehead atoms. The van der Waals surface area contributed by atoms with Gasteiger partial charge in [-0.1, -0.05) is 36.4 Å². The molecular weight excluding hydrogens is 514 g/mol. The highest BCUT2D eigenvalue weighted by molar-refractivity contribution is 6.47. The number of methoxy groups -OCH3 is 1. The first-order chi connectivity index (χ1) is 20.0. The van der Waals surface area contributed by atoms with Crippen LogP contribution in [0.3, 0.4) is 0 Å². The molecule has 1 saturated heterocycles. The Morgan fingerprint density at radius 3 is 2.27 bits per heavy atom. The molecule has 1 aliphatic rings. The molecule has 2 aromatic carbocycles. The summed E-state index contributed by atoms with van der Waals surface area (Å²) in [4.78, 5) is 36.1. The van der Waals surface area contributed by atoms with Gasteiger partial charge in [-0.3, -0.25) is 9.59 Å². The van der Waals surface area contributed by atoms with Crippen LogP contribution in [0.5, 0.6) is 5.75 Å². The van der Waals surface area contributed by atoms with Crippen LogP contribution < -0.4 is 19.9 Å². The number of hydrogen-bond donors (Lipinski definition) is 1. The third-order valence-electron chi connectivity index (χ3n) is 7.45. The number of piperazine rings is 1. The molecule has 0 atom stereocenters. The van der Waals surface area contributed by atoms with Crippen molar-refractivity contribution in [2.24, 2.45) is 0 Å². The van der Waals surface area contributed by atoms with Gasteiger partial charge in [0.15, 0.2) is 0 Å². The Kier molecular flexibility index (Phi) is 7.12. The Labute approximate surface area is 238 Å². The molecule has 0 aliphatic carbocycles. The molecule has 1 amide bonds. The maximum absolute atomic E-state index is 13.6. The van der Waals surface area contributed by atoms with Crippen molar-refractivity contribution in [3.8, 4) is 16.9 Å². The number of Topliss-reactive ketones (excluding diaryl/α,β-unsaturated/α-hetero) is 1. The summed E-state index contributed by atoms with van der Waals surface area (Å²) in [6, 6.07) is 29.0. The third-order valence-corrected chi connectivity index (χ3v) is 7.45. The van der Waals surface area contributed by atoms with Crippen molar-refractivity contribution in [2.45, 2.75) is 6.92 Å². The standard InChI is InChI=1S/C33H31N5O3/c1-23-7-6-10-30(34-23)37-19-17-36(18-20-37)26-13-11-25(12-14-26)35-33(40)32(39)31-29(24-8-4-3-5-9-24)21-27-15-16-28(41-2)22-38(27)31/h3-16,21-22H,17-20H2,1-2H3,(H,35,40). The van der Waals surface area contributed by atoms with E-state index in [1.54, 1.807) is 17.7 Å². The van der Waals surface area contributed by atoms with Crippen LogP contribution >= 0.6 is 0 Å². The molecule has 3 aromatic heterocycles. The van der Waals surface area contributed by atoms with E-state index in [-0.39, 0.29) is 0 Å². The van der Waals surface area contributed by atoms with E-state index < -0.39 is 11.7 Å². The number of carbonyl (C=O) groups excluding carboxylic acids is 2. The van der Waals surface area contributed by atoms with Crippen LogP contribution in [0.25, 0.3) is 16.6 Å². The normalized spacial score (nSPS) is 13.3. The molecule has 1 fully saturated rings. The number of nitrogens with one attached hydrogen (secondary N) is 1. The minimum Gasteiger partial charge on any atom is -0.495 e. The van der Waals surface area contributed by atoms with Crippen LogP contribution in [-0.4, -0.2) is 54.4 Å². The van der Waals surface area contributed by atoms with Gasteiger partial charge in [0.25, 0.3) is 11.7 Å². The first-order valence-electron chi connectivity index (χ1n) is 13.6. The molecular formula is C33H31N5O3. The predicted octanol–water partition coefficient (Wildman–Crippen LogP) is 5.47. The highest BCUT2D eigenvalue weighted by Crippen LogP contribution is 2.30. The Morgan fingerprint density at radius 2 is 1.56 bits per heavy atom. The van der Waals surface area contributed by atoms with Gasteiger partial charge in [-0.15, -0.1) is 0 Å².